The number of hydrogen-bond donors (Lipinski definition) is 1. The summed E-state index contributed by atoms with van der Waals surface area (Å²) in [6.45, 7) is 1.88. The van der Waals surface area contributed by atoms with Crippen molar-refractivity contribution in [2.75, 3.05) is 5.43 Å². The maximum atomic E-state index is 12.6. The Morgan fingerprint density at radius 1 is 1.21 bits per heavy atom. The van der Waals surface area contributed by atoms with Crippen molar-refractivity contribution in [1.29, 1.82) is 0 Å². The Hall–Kier alpha value is -2.90. The fourth-order valence-corrected chi connectivity index (χ4v) is 2.01. The molecule has 0 heterocycles. The number of nitrogens with zero attached hydrogens (tertiary/aromatic N) is 2. The molecular formula is C16H14F3N3O2. The van der Waals surface area contributed by atoms with E-state index in [1.54, 1.807) is 0 Å². The summed E-state index contributed by atoms with van der Waals surface area (Å²) in [5, 5.41) is 14.9. The first-order valence-corrected chi connectivity index (χ1v) is 6.99. The highest BCUT2D eigenvalue weighted by Gasteiger charge is 2.33. The summed E-state index contributed by atoms with van der Waals surface area (Å²) < 4.78 is 37.9. The lowest BCUT2D eigenvalue weighted by Gasteiger charge is -2.09. The zero-order chi connectivity index (χ0) is 17.7. The van der Waals surface area contributed by atoms with E-state index in [-0.39, 0.29) is 11.6 Å². The Bertz CT molecular complexity index is 746. The number of hydrogen-bond acceptors (Lipinski definition) is 4. The lowest BCUT2D eigenvalue weighted by atomic mass is 10.0. The zero-order valence-electron chi connectivity index (χ0n) is 12.6. The predicted octanol–water partition coefficient (Wildman–Crippen LogP) is 4.82. The van der Waals surface area contributed by atoms with E-state index >= 15 is 0 Å². The van der Waals surface area contributed by atoms with Gasteiger partial charge in [-0.15, -0.1) is 0 Å². The highest BCUT2D eigenvalue weighted by molar-refractivity contribution is 5.70. The predicted molar refractivity (Wildman–Crippen MR) is 85.1 cm³/mol. The highest BCUT2D eigenvalue weighted by Crippen LogP contribution is 2.34. The Kier molecular flexibility index (Phi) is 5.18. The summed E-state index contributed by atoms with van der Waals surface area (Å²) in [5.74, 6) is -0.0628. The van der Waals surface area contributed by atoms with Crippen LogP contribution in [0.4, 0.5) is 24.5 Å². The second-order valence-corrected chi connectivity index (χ2v) is 5.08. The number of anilines is 1. The maximum absolute atomic E-state index is 12.6. The Labute approximate surface area is 136 Å². The number of nitrogens with one attached hydrogen (secondary N) is 1. The van der Waals surface area contributed by atoms with Gasteiger partial charge in [0.15, 0.2) is 0 Å². The molecule has 1 N–H and O–H groups in total. The average Bonchev–Trinajstić information content (AvgIpc) is 2.54. The highest BCUT2D eigenvalue weighted by atomic mass is 19.4. The summed E-state index contributed by atoms with van der Waals surface area (Å²) in [5.41, 5.74) is 1.55. The molecule has 0 aliphatic rings. The van der Waals surface area contributed by atoms with Gasteiger partial charge in [0.05, 0.1) is 10.5 Å². The smallest absolute Gasteiger partial charge is 0.272 e. The molecule has 0 aromatic heterocycles. The van der Waals surface area contributed by atoms with Gasteiger partial charge in [0.2, 0.25) is 0 Å². The van der Waals surface area contributed by atoms with Crippen molar-refractivity contribution in [3.8, 4) is 0 Å². The Balaban J connectivity index is 2.17. The molecule has 0 unspecified atom stereocenters. The van der Waals surface area contributed by atoms with Gasteiger partial charge in [-0.3, -0.25) is 15.5 Å². The third kappa shape index (κ3) is 4.31. The van der Waals surface area contributed by atoms with Gasteiger partial charge in [-0.2, -0.15) is 18.3 Å². The van der Waals surface area contributed by atoms with Crippen molar-refractivity contribution in [2.45, 2.75) is 19.0 Å². The van der Waals surface area contributed by atoms with Crippen LogP contribution in [0.1, 0.15) is 24.0 Å². The number of rotatable bonds is 5. The second kappa shape index (κ2) is 7.12. The first-order chi connectivity index (χ1) is 11.3. The topological polar surface area (TPSA) is 67.5 Å². The van der Waals surface area contributed by atoms with E-state index < -0.39 is 22.4 Å². The fourth-order valence-electron chi connectivity index (χ4n) is 2.01. The van der Waals surface area contributed by atoms with Crippen LogP contribution in [0.25, 0.3) is 0 Å². The number of nitro benzene ring substituents is 1. The third-order valence-corrected chi connectivity index (χ3v) is 3.33. The SMILES string of the molecule is C[C@@H](/C=N\Nc1ccc(C(F)(F)F)cc1[N+](=O)[O-])c1ccccc1. The molecule has 0 aliphatic carbocycles. The first kappa shape index (κ1) is 17.5. The largest absolute Gasteiger partial charge is 0.416 e. The van der Waals surface area contributed by atoms with E-state index in [1.807, 2.05) is 37.3 Å². The van der Waals surface area contributed by atoms with Crippen molar-refractivity contribution < 1.29 is 18.1 Å². The summed E-state index contributed by atoms with van der Waals surface area (Å²) in [7, 11) is 0. The number of alkyl halides is 3. The van der Waals surface area contributed by atoms with Crippen molar-refractivity contribution in [1.82, 2.24) is 0 Å². The minimum atomic E-state index is -4.64. The van der Waals surface area contributed by atoms with Crippen LogP contribution in [0.2, 0.25) is 0 Å². The van der Waals surface area contributed by atoms with E-state index in [0.29, 0.717) is 6.07 Å². The number of hydrazone groups is 1. The molecule has 5 nitrogen and oxygen atoms in total. The van der Waals surface area contributed by atoms with Crippen molar-refractivity contribution in [3.05, 3.63) is 69.8 Å². The van der Waals surface area contributed by atoms with Crippen molar-refractivity contribution in [3.63, 3.8) is 0 Å². The van der Waals surface area contributed by atoms with Crippen LogP contribution < -0.4 is 5.43 Å². The summed E-state index contributed by atoms with van der Waals surface area (Å²) >= 11 is 0. The van der Waals surface area contributed by atoms with E-state index in [1.165, 1.54) is 6.21 Å². The fraction of sp³-hybridized carbons (Fsp3) is 0.188. The summed E-state index contributed by atoms with van der Waals surface area (Å²) in [4.78, 5) is 10.1. The molecule has 0 aliphatic heterocycles. The van der Waals surface area contributed by atoms with Gasteiger partial charge in [-0.25, -0.2) is 0 Å². The summed E-state index contributed by atoms with van der Waals surface area (Å²) in [6, 6.07) is 11.7. The monoisotopic (exact) mass is 337 g/mol. The standard InChI is InChI=1S/C16H14F3N3O2/c1-11(12-5-3-2-4-6-12)10-20-21-14-8-7-13(16(17,18)19)9-15(14)22(23)24/h2-11,21H,1H3/b20-10-/t11-/m0/s1. The van der Waals surface area contributed by atoms with Crippen LogP contribution in [-0.2, 0) is 6.18 Å². The molecule has 2 rings (SSSR count). The molecule has 0 spiro atoms. The van der Waals surface area contributed by atoms with Gasteiger partial charge in [-0.05, 0) is 17.7 Å². The minimum Gasteiger partial charge on any atom is -0.272 e. The van der Waals surface area contributed by atoms with Crippen molar-refractivity contribution in [2.24, 2.45) is 5.10 Å². The van der Waals surface area contributed by atoms with Crippen LogP contribution in [0.3, 0.4) is 0 Å². The molecule has 0 amide bonds. The van der Waals surface area contributed by atoms with E-state index in [4.69, 9.17) is 0 Å². The molecule has 126 valence electrons. The van der Waals surface area contributed by atoms with Gasteiger partial charge in [-0.1, -0.05) is 37.3 Å². The molecule has 0 bridgehead atoms. The Morgan fingerprint density at radius 2 is 1.88 bits per heavy atom. The van der Waals surface area contributed by atoms with Gasteiger partial charge >= 0.3 is 6.18 Å². The lowest BCUT2D eigenvalue weighted by Crippen LogP contribution is -2.07. The Morgan fingerprint density at radius 3 is 2.46 bits per heavy atom. The van der Waals surface area contributed by atoms with Crippen LogP contribution in [0, 0.1) is 10.1 Å². The lowest BCUT2D eigenvalue weighted by molar-refractivity contribution is -0.384. The summed E-state index contributed by atoms with van der Waals surface area (Å²) in [6.07, 6.45) is -3.12. The average molecular weight is 337 g/mol. The normalized spacial score (nSPS) is 13.0. The van der Waals surface area contributed by atoms with Crippen LogP contribution >= 0.6 is 0 Å². The molecule has 2 aromatic rings. The molecule has 0 saturated heterocycles. The van der Waals surface area contributed by atoms with Crippen LogP contribution in [0.5, 0.6) is 0 Å². The van der Waals surface area contributed by atoms with E-state index in [2.05, 4.69) is 10.5 Å². The molecule has 0 radical (unpaired) electrons. The number of benzene rings is 2. The van der Waals surface area contributed by atoms with Crippen LogP contribution in [0.15, 0.2) is 53.6 Å². The van der Waals surface area contributed by atoms with Gasteiger partial charge in [0, 0.05) is 18.2 Å². The molecule has 0 fully saturated rings. The molecule has 24 heavy (non-hydrogen) atoms. The van der Waals surface area contributed by atoms with E-state index in [9.17, 15) is 23.3 Å². The van der Waals surface area contributed by atoms with Crippen LogP contribution in [-0.4, -0.2) is 11.1 Å². The minimum absolute atomic E-state index is 0.0628. The number of halogens is 3. The van der Waals surface area contributed by atoms with E-state index in [0.717, 1.165) is 17.7 Å². The molecule has 1 atom stereocenters. The van der Waals surface area contributed by atoms with Gasteiger partial charge < -0.3 is 0 Å². The second-order valence-electron chi connectivity index (χ2n) is 5.08. The van der Waals surface area contributed by atoms with Gasteiger partial charge in [0.25, 0.3) is 5.69 Å². The molecule has 0 saturated carbocycles. The zero-order valence-corrected chi connectivity index (χ0v) is 12.6. The molecule has 8 heteroatoms. The maximum Gasteiger partial charge on any atom is 0.416 e. The van der Waals surface area contributed by atoms with Crippen molar-refractivity contribution >= 4 is 17.6 Å². The molecular weight excluding hydrogens is 323 g/mol. The number of nitro groups is 1. The molecule has 2 aromatic carbocycles. The van der Waals surface area contributed by atoms with Gasteiger partial charge in [0.1, 0.15) is 5.69 Å². The third-order valence-electron chi connectivity index (χ3n) is 3.33. The quantitative estimate of drug-likeness (QED) is 0.483. The first-order valence-electron chi connectivity index (χ1n) is 6.99.